The number of nitrogens with one attached hydrogen (secondary N) is 3. The lowest BCUT2D eigenvalue weighted by atomic mass is 10.1. The summed E-state index contributed by atoms with van der Waals surface area (Å²) in [6.45, 7) is 6.29. The molecule has 0 aromatic heterocycles. The van der Waals surface area contributed by atoms with E-state index >= 15 is 0 Å². The highest BCUT2D eigenvalue weighted by atomic mass is 32.2. The second-order valence-corrected chi connectivity index (χ2v) is 8.46. The lowest BCUT2D eigenvalue weighted by Crippen LogP contribution is -2.41. The Morgan fingerprint density at radius 3 is 2.81 bits per heavy atom. The third kappa shape index (κ3) is 7.36. The van der Waals surface area contributed by atoms with Crippen molar-refractivity contribution in [2.24, 2.45) is 4.99 Å². The Bertz CT molecular complexity index is 731. The lowest BCUT2D eigenvalue weighted by Gasteiger charge is -2.18. The number of rotatable bonds is 9. The first kappa shape index (κ1) is 21.5. The van der Waals surface area contributed by atoms with Gasteiger partial charge in [-0.25, -0.2) is 13.1 Å². The minimum atomic E-state index is -3.18. The number of sulfonamides is 1. The van der Waals surface area contributed by atoms with Gasteiger partial charge < -0.3 is 20.1 Å². The van der Waals surface area contributed by atoms with Gasteiger partial charge in [0.15, 0.2) is 5.96 Å². The summed E-state index contributed by atoms with van der Waals surface area (Å²) in [5, 5.41) is 6.32. The van der Waals surface area contributed by atoms with E-state index in [9.17, 15) is 8.42 Å². The zero-order valence-electron chi connectivity index (χ0n) is 16.2. The monoisotopic (exact) mass is 398 g/mol. The van der Waals surface area contributed by atoms with Crippen molar-refractivity contribution in [3.8, 4) is 5.75 Å². The molecular formula is C18H30N4O4S. The van der Waals surface area contributed by atoms with Crippen molar-refractivity contribution in [1.82, 2.24) is 15.4 Å². The van der Waals surface area contributed by atoms with Gasteiger partial charge in [-0.15, -0.1) is 0 Å². The van der Waals surface area contributed by atoms with E-state index in [0.29, 0.717) is 32.2 Å². The largest absolute Gasteiger partial charge is 0.488 e. The van der Waals surface area contributed by atoms with Crippen LogP contribution in [0, 0.1) is 6.92 Å². The third-order valence-electron chi connectivity index (χ3n) is 4.19. The second kappa shape index (κ2) is 10.5. The minimum Gasteiger partial charge on any atom is -0.488 e. The predicted octanol–water partition coefficient (Wildman–Crippen LogP) is 0.767. The highest BCUT2D eigenvalue weighted by Gasteiger charge is 2.18. The maximum absolute atomic E-state index is 11.4. The molecule has 1 aromatic rings. The fourth-order valence-corrected chi connectivity index (χ4v) is 3.21. The van der Waals surface area contributed by atoms with Crippen LogP contribution in [0.2, 0.25) is 0 Å². The van der Waals surface area contributed by atoms with Crippen LogP contribution in [-0.4, -0.2) is 59.6 Å². The number of hydrogen-bond acceptors (Lipinski definition) is 5. The van der Waals surface area contributed by atoms with Crippen molar-refractivity contribution in [1.29, 1.82) is 0 Å². The SMILES string of the molecule is CCS(=O)(=O)NCCNC(=NC)NCc1ccc(C)cc1OC1CCOC1. The van der Waals surface area contributed by atoms with Crippen molar-refractivity contribution in [2.75, 3.05) is 39.1 Å². The van der Waals surface area contributed by atoms with Gasteiger partial charge in [0.1, 0.15) is 11.9 Å². The Balaban J connectivity index is 1.86. The first-order chi connectivity index (χ1) is 12.9. The highest BCUT2D eigenvalue weighted by molar-refractivity contribution is 7.89. The van der Waals surface area contributed by atoms with Crippen molar-refractivity contribution >= 4 is 16.0 Å². The summed E-state index contributed by atoms with van der Waals surface area (Å²) in [7, 11) is -1.50. The van der Waals surface area contributed by atoms with Crippen LogP contribution in [0.5, 0.6) is 5.75 Å². The van der Waals surface area contributed by atoms with Gasteiger partial charge in [-0.05, 0) is 25.5 Å². The van der Waals surface area contributed by atoms with Crippen LogP contribution in [-0.2, 0) is 21.3 Å². The van der Waals surface area contributed by atoms with Crippen LogP contribution in [0.25, 0.3) is 0 Å². The van der Waals surface area contributed by atoms with Gasteiger partial charge in [0.05, 0.1) is 19.0 Å². The lowest BCUT2D eigenvalue weighted by molar-refractivity contribution is 0.140. The topological polar surface area (TPSA) is 101 Å². The van der Waals surface area contributed by atoms with E-state index in [-0.39, 0.29) is 11.9 Å². The molecule has 0 aliphatic carbocycles. The molecule has 1 unspecified atom stereocenters. The molecule has 8 nitrogen and oxygen atoms in total. The van der Waals surface area contributed by atoms with E-state index in [0.717, 1.165) is 29.9 Å². The molecule has 3 N–H and O–H groups in total. The zero-order chi connectivity index (χ0) is 19.7. The molecule has 1 saturated heterocycles. The maximum atomic E-state index is 11.4. The Labute approximate surface area is 161 Å². The summed E-state index contributed by atoms with van der Waals surface area (Å²) in [5.74, 6) is 1.52. The standard InChI is InChI=1S/C18H30N4O4S/c1-4-27(23,24)22-9-8-20-18(19-3)21-12-15-6-5-14(2)11-17(15)26-16-7-10-25-13-16/h5-6,11,16,22H,4,7-10,12-13H2,1-3H3,(H2,19,20,21). The van der Waals surface area contributed by atoms with E-state index in [1.165, 1.54) is 0 Å². The van der Waals surface area contributed by atoms with Crippen LogP contribution in [0.1, 0.15) is 24.5 Å². The maximum Gasteiger partial charge on any atom is 0.211 e. The smallest absolute Gasteiger partial charge is 0.211 e. The molecule has 9 heteroatoms. The zero-order valence-corrected chi connectivity index (χ0v) is 17.1. The second-order valence-electron chi connectivity index (χ2n) is 6.36. The molecule has 0 spiro atoms. The number of guanidine groups is 1. The fourth-order valence-electron chi connectivity index (χ4n) is 2.59. The molecule has 1 atom stereocenters. The first-order valence-electron chi connectivity index (χ1n) is 9.19. The van der Waals surface area contributed by atoms with Crippen LogP contribution >= 0.6 is 0 Å². The molecule has 1 aliphatic heterocycles. The molecule has 0 amide bonds. The van der Waals surface area contributed by atoms with Crippen LogP contribution in [0.3, 0.4) is 0 Å². The fraction of sp³-hybridized carbons (Fsp3) is 0.611. The number of ether oxygens (including phenoxy) is 2. The Hall–Kier alpha value is -1.84. The molecule has 0 saturated carbocycles. The quantitative estimate of drug-likeness (QED) is 0.323. The van der Waals surface area contributed by atoms with Gasteiger partial charge >= 0.3 is 0 Å². The Morgan fingerprint density at radius 2 is 2.15 bits per heavy atom. The van der Waals surface area contributed by atoms with Gasteiger partial charge in [-0.3, -0.25) is 4.99 Å². The summed E-state index contributed by atoms with van der Waals surface area (Å²) >= 11 is 0. The van der Waals surface area contributed by atoms with Crippen LogP contribution in [0.15, 0.2) is 23.2 Å². The summed E-state index contributed by atoms with van der Waals surface area (Å²) in [5.41, 5.74) is 2.17. The molecule has 1 aromatic carbocycles. The van der Waals surface area contributed by atoms with Crippen molar-refractivity contribution < 1.29 is 17.9 Å². The summed E-state index contributed by atoms with van der Waals surface area (Å²) in [4.78, 5) is 4.16. The van der Waals surface area contributed by atoms with Gasteiger partial charge in [0.25, 0.3) is 0 Å². The van der Waals surface area contributed by atoms with E-state index in [1.54, 1.807) is 14.0 Å². The van der Waals surface area contributed by atoms with Crippen LogP contribution < -0.4 is 20.1 Å². The number of nitrogens with zero attached hydrogens (tertiary/aromatic N) is 1. The molecule has 152 valence electrons. The number of aryl methyl sites for hydroxylation is 1. The average Bonchev–Trinajstić information content (AvgIpc) is 3.15. The van der Waals surface area contributed by atoms with E-state index in [4.69, 9.17) is 9.47 Å². The molecule has 1 fully saturated rings. The molecule has 2 rings (SSSR count). The summed E-state index contributed by atoms with van der Waals surface area (Å²) < 4.78 is 36.8. The normalized spacial score (nSPS) is 17.7. The highest BCUT2D eigenvalue weighted by Crippen LogP contribution is 2.23. The molecule has 0 radical (unpaired) electrons. The molecule has 1 heterocycles. The Morgan fingerprint density at radius 1 is 1.33 bits per heavy atom. The van der Waals surface area contributed by atoms with Gasteiger partial charge in [-0.1, -0.05) is 12.1 Å². The van der Waals surface area contributed by atoms with Crippen molar-refractivity contribution in [3.05, 3.63) is 29.3 Å². The predicted molar refractivity (Wildman–Crippen MR) is 107 cm³/mol. The van der Waals surface area contributed by atoms with Gasteiger partial charge in [0.2, 0.25) is 10.0 Å². The van der Waals surface area contributed by atoms with E-state index in [1.807, 2.05) is 25.1 Å². The third-order valence-corrected chi connectivity index (χ3v) is 5.60. The number of hydrogen-bond donors (Lipinski definition) is 3. The van der Waals surface area contributed by atoms with E-state index < -0.39 is 10.0 Å². The average molecular weight is 399 g/mol. The van der Waals surface area contributed by atoms with Gasteiger partial charge in [0, 0.05) is 38.7 Å². The van der Waals surface area contributed by atoms with E-state index in [2.05, 4.69) is 20.3 Å². The van der Waals surface area contributed by atoms with Crippen molar-refractivity contribution in [2.45, 2.75) is 32.9 Å². The molecule has 0 bridgehead atoms. The summed E-state index contributed by atoms with van der Waals surface area (Å²) in [6.07, 6.45) is 0.993. The molecular weight excluding hydrogens is 368 g/mol. The number of aliphatic imine (C=N–C) groups is 1. The van der Waals surface area contributed by atoms with Crippen molar-refractivity contribution in [3.63, 3.8) is 0 Å². The summed E-state index contributed by atoms with van der Waals surface area (Å²) in [6, 6.07) is 6.12. The molecule has 1 aliphatic rings. The van der Waals surface area contributed by atoms with Crippen LogP contribution in [0.4, 0.5) is 0 Å². The number of benzene rings is 1. The molecule has 27 heavy (non-hydrogen) atoms. The minimum absolute atomic E-state index is 0.0716. The Kier molecular flexibility index (Phi) is 8.33. The van der Waals surface area contributed by atoms with Gasteiger partial charge in [-0.2, -0.15) is 0 Å². The first-order valence-corrected chi connectivity index (χ1v) is 10.8.